The molecule has 0 bridgehead atoms. The molecule has 6 nitrogen and oxygen atoms in total. The van der Waals surface area contributed by atoms with Gasteiger partial charge in [0.15, 0.2) is 17.5 Å². The minimum atomic E-state index is 0.449. The Balaban J connectivity index is 1.21. The summed E-state index contributed by atoms with van der Waals surface area (Å²) in [6, 6.07) is 50.2. The number of fused-ring (bicyclic) bond motifs is 7. The molecule has 0 aliphatic rings. The van der Waals surface area contributed by atoms with Crippen LogP contribution in [-0.2, 0) is 0 Å². The molecule has 10 aromatic rings. The Morgan fingerprint density at radius 1 is 0.300 bits per heavy atom. The standard InChI is InChI=1S/C44H26N6/c1-4-14-30-28(12-1)23-36(34-18-8-6-16-32(30)34)42-48-43(37-24-29-13-2-5-15-31(29)33-17-7-9-19-35(33)37)50-44(49-42)41-26-45-40(25-46-41)39-22-21-27-11-3-10-20-38(27)47-39/h1-26H. The van der Waals surface area contributed by atoms with E-state index in [0.29, 0.717) is 28.9 Å². The average molecular weight is 639 g/mol. The van der Waals surface area contributed by atoms with Crippen molar-refractivity contribution in [2.75, 3.05) is 0 Å². The van der Waals surface area contributed by atoms with Crippen LogP contribution in [0.2, 0.25) is 0 Å². The summed E-state index contributed by atoms with van der Waals surface area (Å²) in [6.07, 6.45) is 3.47. The van der Waals surface area contributed by atoms with Crippen molar-refractivity contribution in [3.05, 3.63) is 158 Å². The topological polar surface area (TPSA) is 77.3 Å². The van der Waals surface area contributed by atoms with Crippen molar-refractivity contribution in [1.29, 1.82) is 0 Å². The lowest BCUT2D eigenvalue weighted by Crippen LogP contribution is -2.03. The highest BCUT2D eigenvalue weighted by atomic mass is 15.1. The molecule has 0 radical (unpaired) electrons. The summed E-state index contributed by atoms with van der Waals surface area (Å²) in [6.45, 7) is 0. The minimum absolute atomic E-state index is 0.449. The van der Waals surface area contributed by atoms with Gasteiger partial charge in [0, 0.05) is 16.5 Å². The first-order chi connectivity index (χ1) is 24.8. The summed E-state index contributed by atoms with van der Waals surface area (Å²) in [7, 11) is 0. The van der Waals surface area contributed by atoms with Gasteiger partial charge in [-0.15, -0.1) is 0 Å². The lowest BCUT2D eigenvalue weighted by atomic mass is 9.96. The normalized spacial score (nSPS) is 11.6. The number of hydrogen-bond donors (Lipinski definition) is 0. The maximum Gasteiger partial charge on any atom is 0.184 e. The third kappa shape index (κ3) is 4.65. The number of para-hydroxylation sites is 1. The van der Waals surface area contributed by atoms with Crippen molar-refractivity contribution >= 4 is 54.0 Å². The maximum absolute atomic E-state index is 5.23. The highest BCUT2D eigenvalue weighted by Crippen LogP contribution is 2.37. The molecule has 6 heteroatoms. The summed E-state index contributed by atoms with van der Waals surface area (Å²) < 4.78 is 0. The molecule has 50 heavy (non-hydrogen) atoms. The number of nitrogens with zero attached hydrogens (tertiary/aromatic N) is 6. The van der Waals surface area contributed by atoms with E-state index in [1.165, 1.54) is 10.8 Å². The van der Waals surface area contributed by atoms with E-state index >= 15 is 0 Å². The van der Waals surface area contributed by atoms with Gasteiger partial charge in [-0.05, 0) is 67.4 Å². The van der Waals surface area contributed by atoms with Crippen LogP contribution in [0, 0.1) is 0 Å². The Morgan fingerprint density at radius 3 is 1.34 bits per heavy atom. The van der Waals surface area contributed by atoms with Gasteiger partial charge in [0.1, 0.15) is 11.4 Å². The first-order valence-corrected chi connectivity index (χ1v) is 16.5. The Labute approximate surface area is 286 Å². The molecule has 0 spiro atoms. The van der Waals surface area contributed by atoms with E-state index in [2.05, 4.69) is 115 Å². The van der Waals surface area contributed by atoms with Crippen LogP contribution < -0.4 is 0 Å². The van der Waals surface area contributed by atoms with Crippen molar-refractivity contribution in [2.24, 2.45) is 0 Å². The van der Waals surface area contributed by atoms with Gasteiger partial charge in [-0.2, -0.15) is 0 Å². The van der Waals surface area contributed by atoms with Gasteiger partial charge in [0.2, 0.25) is 0 Å². The van der Waals surface area contributed by atoms with Gasteiger partial charge in [0.25, 0.3) is 0 Å². The molecule has 7 aromatic carbocycles. The van der Waals surface area contributed by atoms with Crippen LogP contribution in [0.5, 0.6) is 0 Å². The van der Waals surface area contributed by atoms with Crippen molar-refractivity contribution in [3.63, 3.8) is 0 Å². The predicted octanol–water partition coefficient (Wildman–Crippen LogP) is 10.5. The summed E-state index contributed by atoms with van der Waals surface area (Å²) in [5.41, 5.74) is 4.75. The monoisotopic (exact) mass is 638 g/mol. The van der Waals surface area contributed by atoms with E-state index in [0.717, 1.165) is 60.0 Å². The lowest BCUT2D eigenvalue weighted by Gasteiger charge is -2.14. The summed E-state index contributed by atoms with van der Waals surface area (Å²) in [5, 5.41) is 10.1. The van der Waals surface area contributed by atoms with Gasteiger partial charge in [-0.3, -0.25) is 4.98 Å². The van der Waals surface area contributed by atoms with E-state index in [-0.39, 0.29) is 0 Å². The van der Waals surface area contributed by atoms with Crippen LogP contribution in [0.4, 0.5) is 0 Å². The molecular formula is C44H26N6. The van der Waals surface area contributed by atoms with Crippen molar-refractivity contribution in [2.45, 2.75) is 0 Å². The quantitative estimate of drug-likeness (QED) is 0.179. The van der Waals surface area contributed by atoms with E-state index in [9.17, 15) is 0 Å². The zero-order chi connectivity index (χ0) is 33.0. The zero-order valence-corrected chi connectivity index (χ0v) is 26.7. The van der Waals surface area contributed by atoms with Crippen molar-refractivity contribution in [3.8, 4) is 45.7 Å². The van der Waals surface area contributed by atoms with Crippen molar-refractivity contribution in [1.82, 2.24) is 29.9 Å². The second-order valence-electron chi connectivity index (χ2n) is 12.4. The lowest BCUT2D eigenvalue weighted by molar-refractivity contribution is 1.05. The third-order valence-corrected chi connectivity index (χ3v) is 9.40. The summed E-state index contributed by atoms with van der Waals surface area (Å²) in [4.78, 5) is 29.9. The zero-order valence-electron chi connectivity index (χ0n) is 26.7. The van der Waals surface area contributed by atoms with Gasteiger partial charge in [-0.1, -0.05) is 121 Å². The van der Waals surface area contributed by atoms with E-state index in [4.69, 9.17) is 29.9 Å². The molecule has 0 saturated carbocycles. The molecule has 0 aliphatic heterocycles. The Bertz CT molecular complexity index is 2800. The van der Waals surface area contributed by atoms with E-state index in [1.807, 2.05) is 30.3 Å². The average Bonchev–Trinajstić information content (AvgIpc) is 3.20. The number of rotatable bonds is 4. The molecule has 0 fully saturated rings. The second-order valence-corrected chi connectivity index (χ2v) is 12.4. The molecule has 0 aliphatic carbocycles. The number of aromatic nitrogens is 6. The molecule has 0 saturated heterocycles. The van der Waals surface area contributed by atoms with Gasteiger partial charge in [0.05, 0.1) is 23.6 Å². The highest BCUT2D eigenvalue weighted by molar-refractivity contribution is 6.14. The van der Waals surface area contributed by atoms with Gasteiger partial charge in [-0.25, -0.2) is 24.9 Å². The largest absolute Gasteiger partial charge is 0.251 e. The van der Waals surface area contributed by atoms with E-state index < -0.39 is 0 Å². The van der Waals surface area contributed by atoms with Crippen LogP contribution >= 0.6 is 0 Å². The second kappa shape index (κ2) is 11.4. The van der Waals surface area contributed by atoms with Crippen LogP contribution in [0.1, 0.15) is 0 Å². The first kappa shape index (κ1) is 28.1. The number of pyridine rings is 1. The molecule has 0 atom stereocenters. The van der Waals surface area contributed by atoms with Crippen molar-refractivity contribution < 1.29 is 0 Å². The number of benzene rings is 7. The Kier molecular flexibility index (Phi) is 6.39. The fourth-order valence-corrected chi connectivity index (χ4v) is 6.99. The molecule has 0 unspecified atom stereocenters. The van der Waals surface area contributed by atoms with E-state index in [1.54, 1.807) is 12.4 Å². The highest BCUT2D eigenvalue weighted by Gasteiger charge is 2.19. The van der Waals surface area contributed by atoms with Crippen LogP contribution in [0.25, 0.3) is 99.7 Å². The number of hydrogen-bond acceptors (Lipinski definition) is 6. The fourth-order valence-electron chi connectivity index (χ4n) is 6.99. The molecule has 10 rings (SSSR count). The van der Waals surface area contributed by atoms with Gasteiger partial charge >= 0.3 is 0 Å². The Morgan fingerprint density at radius 2 is 0.760 bits per heavy atom. The third-order valence-electron chi connectivity index (χ3n) is 9.40. The molecule has 3 aromatic heterocycles. The molecule has 232 valence electrons. The van der Waals surface area contributed by atoms with Crippen LogP contribution in [-0.4, -0.2) is 29.9 Å². The molecular weight excluding hydrogens is 613 g/mol. The molecule has 0 N–H and O–H groups in total. The van der Waals surface area contributed by atoms with Gasteiger partial charge < -0.3 is 0 Å². The first-order valence-electron chi connectivity index (χ1n) is 16.5. The fraction of sp³-hybridized carbons (Fsp3) is 0. The summed E-state index contributed by atoms with van der Waals surface area (Å²) >= 11 is 0. The maximum atomic E-state index is 5.23. The molecule has 0 amide bonds. The van der Waals surface area contributed by atoms with Crippen LogP contribution in [0.15, 0.2) is 158 Å². The smallest absolute Gasteiger partial charge is 0.184 e. The molecule has 3 heterocycles. The van der Waals surface area contributed by atoms with Crippen LogP contribution in [0.3, 0.4) is 0 Å². The minimum Gasteiger partial charge on any atom is -0.251 e. The SMILES string of the molecule is c1ccc2nc(-c3cnc(-c4nc(-c5cc6ccccc6c6ccccc56)nc(-c5cc6ccccc6c6ccccc56)n4)cn3)ccc2c1. The summed E-state index contributed by atoms with van der Waals surface area (Å²) in [5.74, 6) is 1.60. The predicted molar refractivity (Wildman–Crippen MR) is 202 cm³/mol. The Hall–Kier alpha value is -6.92.